The molecule has 0 radical (unpaired) electrons. The number of nitrogens with one attached hydrogen (secondary N) is 2. The zero-order valence-corrected chi connectivity index (χ0v) is 13.9. The quantitative estimate of drug-likeness (QED) is 0.822. The fourth-order valence-electron chi connectivity index (χ4n) is 2.15. The molecule has 2 aromatic rings. The van der Waals surface area contributed by atoms with Gasteiger partial charge in [-0.1, -0.05) is 42.0 Å². The first-order valence-corrected chi connectivity index (χ1v) is 7.86. The van der Waals surface area contributed by atoms with Crippen molar-refractivity contribution in [3.8, 4) is 5.75 Å². The normalized spacial score (nSPS) is 10.6. The van der Waals surface area contributed by atoms with E-state index in [1.165, 1.54) is 5.56 Å². The van der Waals surface area contributed by atoms with Crippen LogP contribution >= 0.6 is 0 Å². The van der Waals surface area contributed by atoms with E-state index in [-0.39, 0.29) is 18.6 Å². The third kappa shape index (κ3) is 5.75. The lowest BCUT2D eigenvalue weighted by molar-refractivity contribution is -0.115. The van der Waals surface area contributed by atoms with Crippen molar-refractivity contribution < 1.29 is 9.53 Å². The number of ether oxygens (including phenoxy) is 1. The van der Waals surface area contributed by atoms with Crippen LogP contribution in [0.3, 0.4) is 0 Å². The number of amides is 1. The Kier molecular flexibility index (Phi) is 6.18. The SMILES string of the molecule is Cc1ccc(CNCC(=O)Nc2ccccc2OC(C)C)cc1. The lowest BCUT2D eigenvalue weighted by Gasteiger charge is -2.15. The maximum absolute atomic E-state index is 12.1. The van der Waals surface area contributed by atoms with Crippen LogP contribution in [0.1, 0.15) is 25.0 Å². The van der Waals surface area contributed by atoms with Crippen LogP contribution in [0.25, 0.3) is 0 Å². The van der Waals surface area contributed by atoms with E-state index in [0.29, 0.717) is 18.0 Å². The Morgan fingerprint density at radius 3 is 2.48 bits per heavy atom. The summed E-state index contributed by atoms with van der Waals surface area (Å²) in [4.78, 5) is 12.1. The smallest absolute Gasteiger partial charge is 0.238 e. The number of carbonyl (C=O) groups excluding carboxylic acids is 1. The molecule has 0 unspecified atom stereocenters. The van der Waals surface area contributed by atoms with Gasteiger partial charge in [0.25, 0.3) is 0 Å². The number of hydrogen-bond donors (Lipinski definition) is 2. The molecular formula is C19H24N2O2. The van der Waals surface area contributed by atoms with Gasteiger partial charge in [0.2, 0.25) is 5.91 Å². The minimum atomic E-state index is -0.0862. The van der Waals surface area contributed by atoms with E-state index in [4.69, 9.17) is 4.74 Å². The summed E-state index contributed by atoms with van der Waals surface area (Å²) in [6.07, 6.45) is 0.0627. The van der Waals surface area contributed by atoms with Gasteiger partial charge >= 0.3 is 0 Å². The number of anilines is 1. The van der Waals surface area contributed by atoms with Gasteiger partial charge in [-0.15, -0.1) is 0 Å². The molecule has 0 bridgehead atoms. The number of rotatable bonds is 7. The molecule has 4 nitrogen and oxygen atoms in total. The van der Waals surface area contributed by atoms with Crippen LogP contribution in [0.4, 0.5) is 5.69 Å². The molecule has 0 atom stereocenters. The van der Waals surface area contributed by atoms with E-state index in [1.54, 1.807) is 0 Å². The van der Waals surface area contributed by atoms with E-state index >= 15 is 0 Å². The largest absolute Gasteiger partial charge is 0.489 e. The molecule has 4 heteroatoms. The fraction of sp³-hybridized carbons (Fsp3) is 0.316. The Morgan fingerprint density at radius 2 is 1.78 bits per heavy atom. The number of para-hydroxylation sites is 2. The van der Waals surface area contributed by atoms with Crippen molar-refractivity contribution in [1.29, 1.82) is 0 Å². The van der Waals surface area contributed by atoms with Crippen LogP contribution in [0.5, 0.6) is 5.75 Å². The van der Waals surface area contributed by atoms with Gasteiger partial charge < -0.3 is 15.4 Å². The van der Waals surface area contributed by atoms with Crippen molar-refractivity contribution in [2.45, 2.75) is 33.4 Å². The van der Waals surface area contributed by atoms with Crippen molar-refractivity contribution in [1.82, 2.24) is 5.32 Å². The summed E-state index contributed by atoms with van der Waals surface area (Å²) in [6, 6.07) is 15.7. The number of aryl methyl sites for hydroxylation is 1. The van der Waals surface area contributed by atoms with E-state index in [2.05, 4.69) is 41.8 Å². The van der Waals surface area contributed by atoms with Gasteiger partial charge in [-0.3, -0.25) is 4.79 Å². The second-order valence-corrected chi connectivity index (χ2v) is 5.80. The molecule has 0 aliphatic carbocycles. The molecule has 0 aliphatic heterocycles. The highest BCUT2D eigenvalue weighted by Gasteiger charge is 2.08. The summed E-state index contributed by atoms with van der Waals surface area (Å²) in [6.45, 7) is 6.90. The number of carbonyl (C=O) groups is 1. The fourth-order valence-corrected chi connectivity index (χ4v) is 2.15. The highest BCUT2D eigenvalue weighted by Crippen LogP contribution is 2.24. The summed E-state index contributed by atoms with van der Waals surface area (Å²) in [7, 11) is 0. The monoisotopic (exact) mass is 312 g/mol. The Hall–Kier alpha value is -2.33. The Morgan fingerprint density at radius 1 is 1.09 bits per heavy atom. The molecule has 0 aromatic heterocycles. The molecular weight excluding hydrogens is 288 g/mol. The van der Waals surface area contributed by atoms with Crippen molar-refractivity contribution in [3.05, 3.63) is 59.7 Å². The van der Waals surface area contributed by atoms with Crippen LogP contribution in [0.15, 0.2) is 48.5 Å². The third-order valence-corrected chi connectivity index (χ3v) is 3.26. The number of hydrogen-bond acceptors (Lipinski definition) is 3. The average Bonchev–Trinajstić information content (AvgIpc) is 2.51. The van der Waals surface area contributed by atoms with Gasteiger partial charge in [-0.25, -0.2) is 0 Å². The first kappa shape index (κ1) is 17.0. The molecule has 0 heterocycles. The maximum atomic E-state index is 12.1. The van der Waals surface area contributed by atoms with Crippen LogP contribution in [-0.4, -0.2) is 18.6 Å². The average molecular weight is 312 g/mol. The summed E-state index contributed by atoms with van der Waals surface area (Å²) in [5, 5.41) is 6.03. The summed E-state index contributed by atoms with van der Waals surface area (Å²) in [5.74, 6) is 0.603. The van der Waals surface area contributed by atoms with Crippen LogP contribution in [0, 0.1) is 6.92 Å². The van der Waals surface area contributed by atoms with Crippen LogP contribution < -0.4 is 15.4 Å². The van der Waals surface area contributed by atoms with E-state index in [0.717, 1.165) is 5.56 Å². The van der Waals surface area contributed by atoms with E-state index < -0.39 is 0 Å². The lowest BCUT2D eigenvalue weighted by atomic mass is 10.1. The predicted molar refractivity (Wildman–Crippen MR) is 93.7 cm³/mol. The molecule has 2 aromatic carbocycles. The molecule has 0 saturated carbocycles. The highest BCUT2D eigenvalue weighted by molar-refractivity contribution is 5.93. The first-order valence-electron chi connectivity index (χ1n) is 7.86. The van der Waals surface area contributed by atoms with Crippen molar-refractivity contribution in [2.24, 2.45) is 0 Å². The molecule has 0 fully saturated rings. The molecule has 0 aliphatic rings. The van der Waals surface area contributed by atoms with Gasteiger partial charge in [0.15, 0.2) is 0 Å². The summed E-state index contributed by atoms with van der Waals surface area (Å²) < 4.78 is 5.70. The maximum Gasteiger partial charge on any atom is 0.238 e. The Labute approximate surface area is 137 Å². The van der Waals surface area contributed by atoms with Gasteiger partial charge in [0.05, 0.1) is 18.3 Å². The van der Waals surface area contributed by atoms with Gasteiger partial charge in [-0.05, 0) is 38.5 Å². The Bertz CT molecular complexity index is 636. The van der Waals surface area contributed by atoms with Gasteiger partial charge in [0.1, 0.15) is 5.75 Å². The molecule has 2 rings (SSSR count). The molecule has 2 N–H and O–H groups in total. The second kappa shape index (κ2) is 8.34. The minimum absolute atomic E-state index is 0.0627. The van der Waals surface area contributed by atoms with E-state index in [1.807, 2.05) is 38.1 Å². The zero-order valence-electron chi connectivity index (χ0n) is 13.9. The molecule has 0 spiro atoms. The molecule has 0 saturated heterocycles. The molecule has 1 amide bonds. The van der Waals surface area contributed by atoms with Crippen LogP contribution in [0.2, 0.25) is 0 Å². The van der Waals surface area contributed by atoms with Crippen molar-refractivity contribution >= 4 is 11.6 Å². The third-order valence-electron chi connectivity index (χ3n) is 3.26. The first-order chi connectivity index (χ1) is 11.0. The summed E-state index contributed by atoms with van der Waals surface area (Å²) >= 11 is 0. The lowest BCUT2D eigenvalue weighted by Crippen LogP contribution is -2.28. The highest BCUT2D eigenvalue weighted by atomic mass is 16.5. The standard InChI is InChI=1S/C19H24N2O2/c1-14(2)23-18-7-5-4-6-17(18)21-19(22)13-20-12-16-10-8-15(3)9-11-16/h4-11,14,20H,12-13H2,1-3H3,(H,21,22). The minimum Gasteiger partial charge on any atom is -0.489 e. The van der Waals surface area contributed by atoms with Crippen molar-refractivity contribution in [3.63, 3.8) is 0 Å². The predicted octanol–water partition coefficient (Wildman–Crippen LogP) is 3.51. The Balaban J connectivity index is 1.84. The molecule has 122 valence electrons. The van der Waals surface area contributed by atoms with Gasteiger partial charge in [0, 0.05) is 6.54 Å². The molecule has 23 heavy (non-hydrogen) atoms. The second-order valence-electron chi connectivity index (χ2n) is 5.80. The van der Waals surface area contributed by atoms with Crippen molar-refractivity contribution in [2.75, 3.05) is 11.9 Å². The van der Waals surface area contributed by atoms with Gasteiger partial charge in [-0.2, -0.15) is 0 Å². The van der Waals surface area contributed by atoms with E-state index in [9.17, 15) is 4.79 Å². The summed E-state index contributed by atoms with van der Waals surface area (Å²) in [5.41, 5.74) is 3.09. The zero-order chi connectivity index (χ0) is 16.7. The topological polar surface area (TPSA) is 50.4 Å². The van der Waals surface area contributed by atoms with Crippen LogP contribution in [-0.2, 0) is 11.3 Å². The number of benzene rings is 2.